The number of ether oxygens (including phenoxy) is 1. The lowest BCUT2D eigenvalue weighted by molar-refractivity contribution is 0.221. The summed E-state index contributed by atoms with van der Waals surface area (Å²) in [6, 6.07) is 8.11. The third kappa shape index (κ3) is 5.91. The molecule has 6 heteroatoms. The number of benzene rings is 1. The smallest absolute Gasteiger partial charge is 0.191 e. The first-order valence-electron chi connectivity index (χ1n) is 8.80. The SMILES string of the molecule is CCN(CC)CCOc1ccccc1CN=C(N)N1CCSCC1. The summed E-state index contributed by atoms with van der Waals surface area (Å²) in [5.74, 6) is 3.81. The molecule has 5 nitrogen and oxygen atoms in total. The van der Waals surface area contributed by atoms with Gasteiger partial charge in [0.15, 0.2) is 5.96 Å². The third-order valence-corrected chi connectivity index (χ3v) is 5.22. The predicted molar refractivity (Wildman–Crippen MR) is 104 cm³/mol. The summed E-state index contributed by atoms with van der Waals surface area (Å²) in [6.07, 6.45) is 0. The van der Waals surface area contributed by atoms with Crippen molar-refractivity contribution in [1.29, 1.82) is 0 Å². The molecule has 0 saturated carbocycles. The summed E-state index contributed by atoms with van der Waals surface area (Å²) in [5.41, 5.74) is 7.23. The monoisotopic (exact) mass is 350 g/mol. The van der Waals surface area contributed by atoms with E-state index in [0.29, 0.717) is 19.1 Å². The van der Waals surface area contributed by atoms with Crippen LogP contribution in [0.5, 0.6) is 5.75 Å². The first kappa shape index (κ1) is 18.9. The maximum absolute atomic E-state index is 6.14. The van der Waals surface area contributed by atoms with Gasteiger partial charge in [-0.25, -0.2) is 4.99 Å². The summed E-state index contributed by atoms with van der Waals surface area (Å²) < 4.78 is 5.98. The molecule has 0 unspecified atom stereocenters. The van der Waals surface area contributed by atoms with E-state index >= 15 is 0 Å². The fraction of sp³-hybridized carbons (Fsp3) is 0.611. The van der Waals surface area contributed by atoms with E-state index in [1.807, 2.05) is 30.0 Å². The number of nitrogens with zero attached hydrogens (tertiary/aromatic N) is 3. The molecular formula is C18H30N4OS. The van der Waals surface area contributed by atoms with Crippen molar-refractivity contribution in [3.63, 3.8) is 0 Å². The number of nitrogens with two attached hydrogens (primary N) is 1. The highest BCUT2D eigenvalue weighted by molar-refractivity contribution is 7.99. The molecule has 1 aliphatic rings. The van der Waals surface area contributed by atoms with Crippen molar-refractivity contribution in [2.24, 2.45) is 10.7 Å². The maximum atomic E-state index is 6.14. The van der Waals surface area contributed by atoms with E-state index in [-0.39, 0.29) is 0 Å². The van der Waals surface area contributed by atoms with Gasteiger partial charge in [0.1, 0.15) is 12.4 Å². The molecule has 2 N–H and O–H groups in total. The molecule has 0 aliphatic carbocycles. The Morgan fingerprint density at radius 1 is 1.25 bits per heavy atom. The summed E-state index contributed by atoms with van der Waals surface area (Å²) in [6.45, 7) is 10.6. The van der Waals surface area contributed by atoms with Crippen molar-refractivity contribution in [3.05, 3.63) is 29.8 Å². The number of rotatable bonds is 8. The highest BCUT2D eigenvalue weighted by atomic mass is 32.2. The summed E-state index contributed by atoms with van der Waals surface area (Å²) in [5, 5.41) is 0. The Hall–Kier alpha value is -1.40. The fourth-order valence-electron chi connectivity index (χ4n) is 2.66. The standard InChI is InChI=1S/C18H30N4OS/c1-3-21(4-2)9-12-23-17-8-6-5-7-16(17)15-20-18(19)22-10-13-24-14-11-22/h5-8H,3-4,9-15H2,1-2H3,(H2,19,20). The fourth-order valence-corrected chi connectivity index (χ4v) is 3.56. The molecule has 0 bridgehead atoms. The summed E-state index contributed by atoms with van der Waals surface area (Å²) >= 11 is 1.97. The van der Waals surface area contributed by atoms with Crippen LogP contribution < -0.4 is 10.5 Å². The van der Waals surface area contributed by atoms with Gasteiger partial charge in [-0.2, -0.15) is 11.8 Å². The second-order valence-corrected chi connectivity index (χ2v) is 6.98. The van der Waals surface area contributed by atoms with Crippen LogP contribution in [0.4, 0.5) is 0 Å². The van der Waals surface area contributed by atoms with Crippen molar-refractivity contribution >= 4 is 17.7 Å². The molecule has 24 heavy (non-hydrogen) atoms. The molecular weight excluding hydrogens is 320 g/mol. The third-order valence-electron chi connectivity index (χ3n) is 4.28. The average molecular weight is 351 g/mol. The molecule has 1 saturated heterocycles. The first-order valence-corrected chi connectivity index (χ1v) is 9.95. The van der Waals surface area contributed by atoms with Gasteiger partial charge < -0.3 is 20.3 Å². The van der Waals surface area contributed by atoms with Gasteiger partial charge in [-0.15, -0.1) is 0 Å². The molecule has 134 valence electrons. The van der Waals surface area contributed by atoms with E-state index in [1.54, 1.807) is 0 Å². The number of thioether (sulfide) groups is 1. The Balaban J connectivity index is 1.90. The maximum Gasteiger partial charge on any atom is 0.191 e. The van der Waals surface area contributed by atoms with Crippen LogP contribution >= 0.6 is 11.8 Å². The van der Waals surface area contributed by atoms with Gasteiger partial charge in [0.05, 0.1) is 6.54 Å². The van der Waals surface area contributed by atoms with Crippen molar-refractivity contribution in [2.75, 3.05) is 50.8 Å². The van der Waals surface area contributed by atoms with Gasteiger partial charge in [0.25, 0.3) is 0 Å². The van der Waals surface area contributed by atoms with Crippen molar-refractivity contribution in [1.82, 2.24) is 9.80 Å². The quantitative estimate of drug-likeness (QED) is 0.576. The van der Waals surface area contributed by atoms with Crippen LogP contribution in [0.2, 0.25) is 0 Å². The molecule has 1 aromatic carbocycles. The Labute approximate surface area is 150 Å². The van der Waals surface area contributed by atoms with Crippen LogP contribution in [0.15, 0.2) is 29.3 Å². The topological polar surface area (TPSA) is 54.1 Å². The minimum atomic E-state index is 0.566. The van der Waals surface area contributed by atoms with Gasteiger partial charge >= 0.3 is 0 Å². The van der Waals surface area contributed by atoms with E-state index in [0.717, 1.165) is 55.5 Å². The van der Waals surface area contributed by atoms with Crippen molar-refractivity contribution in [3.8, 4) is 5.75 Å². The van der Waals surface area contributed by atoms with Crippen molar-refractivity contribution < 1.29 is 4.74 Å². The van der Waals surface area contributed by atoms with E-state index in [1.165, 1.54) is 0 Å². The minimum Gasteiger partial charge on any atom is -0.492 e. The zero-order valence-corrected chi connectivity index (χ0v) is 15.7. The van der Waals surface area contributed by atoms with Crippen LogP contribution in [0, 0.1) is 0 Å². The molecule has 0 radical (unpaired) electrons. The van der Waals surface area contributed by atoms with Crippen molar-refractivity contribution in [2.45, 2.75) is 20.4 Å². The Morgan fingerprint density at radius 2 is 1.96 bits per heavy atom. The summed E-state index contributed by atoms with van der Waals surface area (Å²) in [7, 11) is 0. The van der Waals surface area contributed by atoms with E-state index < -0.39 is 0 Å². The van der Waals surface area contributed by atoms with Crippen LogP contribution in [-0.4, -0.2) is 66.6 Å². The molecule has 1 aromatic rings. The van der Waals surface area contributed by atoms with Gasteiger partial charge in [-0.1, -0.05) is 32.0 Å². The minimum absolute atomic E-state index is 0.566. The van der Waals surface area contributed by atoms with Gasteiger partial charge in [-0.3, -0.25) is 0 Å². The summed E-state index contributed by atoms with van der Waals surface area (Å²) in [4.78, 5) is 9.10. The number of guanidine groups is 1. The highest BCUT2D eigenvalue weighted by Gasteiger charge is 2.12. The van der Waals surface area contributed by atoms with Crippen LogP contribution in [0.1, 0.15) is 19.4 Å². The normalized spacial score (nSPS) is 15.8. The zero-order valence-electron chi connectivity index (χ0n) is 14.9. The van der Waals surface area contributed by atoms with Gasteiger partial charge in [0.2, 0.25) is 0 Å². The lowest BCUT2D eigenvalue weighted by Crippen LogP contribution is -2.42. The molecule has 0 atom stereocenters. The predicted octanol–water partition coefficient (Wildman–Crippen LogP) is 2.27. The number of hydrogen-bond acceptors (Lipinski definition) is 4. The largest absolute Gasteiger partial charge is 0.492 e. The number of hydrogen-bond donors (Lipinski definition) is 1. The second-order valence-electron chi connectivity index (χ2n) is 5.76. The first-order chi connectivity index (χ1) is 11.7. The number of likely N-dealkylation sites (N-methyl/N-ethyl adjacent to an activating group) is 1. The Morgan fingerprint density at radius 3 is 2.67 bits per heavy atom. The molecule has 1 aliphatic heterocycles. The lowest BCUT2D eigenvalue weighted by Gasteiger charge is -2.27. The highest BCUT2D eigenvalue weighted by Crippen LogP contribution is 2.19. The van der Waals surface area contributed by atoms with E-state index in [9.17, 15) is 0 Å². The molecule has 2 rings (SSSR count). The van der Waals surface area contributed by atoms with Gasteiger partial charge in [-0.05, 0) is 19.2 Å². The van der Waals surface area contributed by atoms with Crippen LogP contribution in [0.25, 0.3) is 0 Å². The number of para-hydroxylation sites is 1. The Kier molecular flexibility index (Phi) is 8.25. The van der Waals surface area contributed by atoms with E-state index in [2.05, 4.69) is 34.7 Å². The molecule has 1 heterocycles. The van der Waals surface area contributed by atoms with Gasteiger partial charge in [0, 0.05) is 36.7 Å². The molecule has 0 aromatic heterocycles. The average Bonchev–Trinajstić information content (AvgIpc) is 2.65. The van der Waals surface area contributed by atoms with E-state index in [4.69, 9.17) is 10.5 Å². The van der Waals surface area contributed by atoms with Crippen LogP contribution in [-0.2, 0) is 6.54 Å². The van der Waals surface area contributed by atoms with Crippen LogP contribution in [0.3, 0.4) is 0 Å². The second kappa shape index (κ2) is 10.5. The zero-order chi connectivity index (χ0) is 17.2. The molecule has 0 amide bonds. The lowest BCUT2D eigenvalue weighted by atomic mass is 10.2. The Bertz CT molecular complexity index is 513. The molecule has 1 fully saturated rings. The molecule has 0 spiro atoms. The number of aliphatic imine (C=N–C) groups is 1.